The van der Waals surface area contributed by atoms with E-state index in [2.05, 4.69) is 22.9 Å². The molecule has 0 aliphatic rings. The summed E-state index contributed by atoms with van der Waals surface area (Å²) in [7, 11) is 0. The smallest absolute Gasteiger partial charge is 0.0640 e. The van der Waals surface area contributed by atoms with Gasteiger partial charge in [-0.2, -0.15) is 5.26 Å². The van der Waals surface area contributed by atoms with Crippen LogP contribution in [0.15, 0.2) is 18.3 Å². The van der Waals surface area contributed by atoms with Crippen LogP contribution < -0.4 is 10.6 Å². The Balaban J connectivity index is 2.74. The Bertz CT molecular complexity index is 366. The second-order valence-corrected chi connectivity index (χ2v) is 3.94. The van der Waals surface area contributed by atoms with Crippen LogP contribution >= 0.6 is 0 Å². The van der Waals surface area contributed by atoms with Gasteiger partial charge in [-0.3, -0.25) is 4.98 Å². The fourth-order valence-electron chi connectivity index (χ4n) is 1.67. The minimum absolute atomic E-state index is 0.0123. The van der Waals surface area contributed by atoms with Crippen molar-refractivity contribution in [2.24, 2.45) is 5.73 Å². The summed E-state index contributed by atoms with van der Waals surface area (Å²) in [5.74, 6) is 0. The van der Waals surface area contributed by atoms with E-state index in [1.807, 2.05) is 25.3 Å². The SMILES string of the molecule is CC[C@@H](N)c1ccc(N(CC)CCC#N)cn1. The molecule has 2 N–H and O–H groups in total. The van der Waals surface area contributed by atoms with Crippen LogP contribution in [-0.4, -0.2) is 18.1 Å². The maximum atomic E-state index is 8.60. The maximum absolute atomic E-state index is 8.60. The van der Waals surface area contributed by atoms with Crippen LogP contribution in [0.2, 0.25) is 0 Å². The van der Waals surface area contributed by atoms with Gasteiger partial charge in [-0.15, -0.1) is 0 Å². The summed E-state index contributed by atoms with van der Waals surface area (Å²) in [6, 6.07) is 6.17. The molecular weight excluding hydrogens is 212 g/mol. The van der Waals surface area contributed by atoms with Gasteiger partial charge in [0, 0.05) is 19.1 Å². The first-order valence-electron chi connectivity index (χ1n) is 6.06. The van der Waals surface area contributed by atoms with Gasteiger partial charge >= 0.3 is 0 Å². The third-order valence-corrected chi connectivity index (χ3v) is 2.83. The van der Waals surface area contributed by atoms with E-state index in [1.54, 1.807) is 0 Å². The summed E-state index contributed by atoms with van der Waals surface area (Å²) < 4.78 is 0. The van der Waals surface area contributed by atoms with Crippen molar-refractivity contribution in [2.75, 3.05) is 18.0 Å². The Kier molecular flexibility index (Phi) is 5.44. The normalized spacial score (nSPS) is 11.9. The number of nitriles is 1. The largest absolute Gasteiger partial charge is 0.370 e. The first kappa shape index (κ1) is 13.5. The molecule has 92 valence electrons. The lowest BCUT2D eigenvalue weighted by molar-refractivity contribution is 0.674. The molecule has 0 unspecified atom stereocenters. The zero-order chi connectivity index (χ0) is 12.7. The fraction of sp³-hybridized carbons (Fsp3) is 0.538. The zero-order valence-electron chi connectivity index (χ0n) is 10.6. The Morgan fingerprint density at radius 2 is 2.24 bits per heavy atom. The van der Waals surface area contributed by atoms with Crippen molar-refractivity contribution >= 4 is 5.69 Å². The monoisotopic (exact) mass is 232 g/mol. The van der Waals surface area contributed by atoms with E-state index < -0.39 is 0 Å². The lowest BCUT2D eigenvalue weighted by Gasteiger charge is -2.21. The number of rotatable bonds is 6. The third kappa shape index (κ3) is 3.72. The molecule has 1 aromatic heterocycles. The lowest BCUT2D eigenvalue weighted by Crippen LogP contribution is -2.24. The van der Waals surface area contributed by atoms with E-state index >= 15 is 0 Å². The molecule has 1 atom stereocenters. The number of pyridine rings is 1. The average molecular weight is 232 g/mol. The van der Waals surface area contributed by atoms with Crippen LogP contribution in [0, 0.1) is 11.3 Å². The molecule has 4 heteroatoms. The van der Waals surface area contributed by atoms with Crippen molar-refractivity contribution in [1.29, 1.82) is 5.26 Å². The Morgan fingerprint density at radius 1 is 1.47 bits per heavy atom. The molecular formula is C13H20N4. The van der Waals surface area contributed by atoms with Gasteiger partial charge in [-0.25, -0.2) is 0 Å². The van der Waals surface area contributed by atoms with Crippen LogP contribution in [0.3, 0.4) is 0 Å². The van der Waals surface area contributed by atoms with E-state index in [9.17, 15) is 0 Å². The number of aromatic nitrogens is 1. The quantitative estimate of drug-likeness (QED) is 0.816. The molecule has 0 saturated heterocycles. The Labute approximate surface area is 103 Å². The zero-order valence-corrected chi connectivity index (χ0v) is 10.6. The number of nitrogens with zero attached hydrogens (tertiary/aromatic N) is 3. The van der Waals surface area contributed by atoms with Gasteiger partial charge in [0.2, 0.25) is 0 Å². The van der Waals surface area contributed by atoms with E-state index in [-0.39, 0.29) is 6.04 Å². The molecule has 0 aromatic carbocycles. The number of nitrogens with two attached hydrogens (primary N) is 1. The topological polar surface area (TPSA) is 65.9 Å². The molecule has 0 amide bonds. The highest BCUT2D eigenvalue weighted by Crippen LogP contribution is 2.17. The van der Waals surface area contributed by atoms with Gasteiger partial charge in [-0.05, 0) is 25.5 Å². The van der Waals surface area contributed by atoms with Crippen LogP contribution in [0.4, 0.5) is 5.69 Å². The van der Waals surface area contributed by atoms with Gasteiger partial charge in [-0.1, -0.05) is 6.92 Å². The summed E-state index contributed by atoms with van der Waals surface area (Å²) in [6.07, 6.45) is 3.26. The summed E-state index contributed by atoms with van der Waals surface area (Å²) >= 11 is 0. The maximum Gasteiger partial charge on any atom is 0.0640 e. The number of hydrogen-bond acceptors (Lipinski definition) is 4. The van der Waals surface area contributed by atoms with Crippen LogP contribution in [0.5, 0.6) is 0 Å². The molecule has 1 rings (SSSR count). The lowest BCUT2D eigenvalue weighted by atomic mass is 10.1. The van der Waals surface area contributed by atoms with Crippen molar-refractivity contribution in [3.8, 4) is 6.07 Å². The fourth-order valence-corrected chi connectivity index (χ4v) is 1.67. The Morgan fingerprint density at radius 3 is 2.71 bits per heavy atom. The van der Waals surface area contributed by atoms with Gasteiger partial charge < -0.3 is 10.6 Å². The first-order chi connectivity index (χ1) is 8.22. The predicted molar refractivity (Wildman–Crippen MR) is 69.6 cm³/mol. The standard InChI is InChI=1S/C13H20N4/c1-3-12(15)13-7-6-11(10-16-13)17(4-2)9-5-8-14/h6-7,10,12H,3-5,9,15H2,1-2H3/t12-/m1/s1. The molecule has 0 aliphatic carbocycles. The van der Waals surface area contributed by atoms with E-state index in [0.717, 1.165) is 30.9 Å². The molecule has 1 aromatic rings. The minimum Gasteiger partial charge on any atom is -0.370 e. The van der Waals surface area contributed by atoms with E-state index in [4.69, 9.17) is 11.0 Å². The van der Waals surface area contributed by atoms with Crippen molar-refractivity contribution in [1.82, 2.24) is 4.98 Å². The molecule has 0 saturated carbocycles. The molecule has 0 bridgehead atoms. The molecule has 0 spiro atoms. The van der Waals surface area contributed by atoms with Gasteiger partial charge in [0.15, 0.2) is 0 Å². The number of anilines is 1. The Hall–Kier alpha value is -1.60. The molecule has 1 heterocycles. The van der Waals surface area contributed by atoms with Gasteiger partial charge in [0.25, 0.3) is 0 Å². The van der Waals surface area contributed by atoms with E-state index in [0.29, 0.717) is 6.42 Å². The van der Waals surface area contributed by atoms with Gasteiger partial charge in [0.05, 0.1) is 30.1 Å². The second-order valence-electron chi connectivity index (χ2n) is 3.94. The van der Waals surface area contributed by atoms with Crippen LogP contribution in [0.1, 0.15) is 38.4 Å². The second kappa shape index (κ2) is 6.87. The van der Waals surface area contributed by atoms with Crippen molar-refractivity contribution < 1.29 is 0 Å². The van der Waals surface area contributed by atoms with Gasteiger partial charge in [0.1, 0.15) is 0 Å². The summed E-state index contributed by atoms with van der Waals surface area (Å²) in [5.41, 5.74) is 7.89. The summed E-state index contributed by atoms with van der Waals surface area (Å²) in [4.78, 5) is 6.51. The van der Waals surface area contributed by atoms with Crippen molar-refractivity contribution in [2.45, 2.75) is 32.7 Å². The van der Waals surface area contributed by atoms with Crippen molar-refractivity contribution in [3.63, 3.8) is 0 Å². The minimum atomic E-state index is 0.0123. The predicted octanol–water partition coefficient (Wildman–Crippen LogP) is 2.23. The molecule has 4 nitrogen and oxygen atoms in total. The first-order valence-corrected chi connectivity index (χ1v) is 6.06. The highest BCUT2D eigenvalue weighted by Gasteiger charge is 2.07. The molecule has 0 radical (unpaired) electrons. The molecule has 17 heavy (non-hydrogen) atoms. The highest BCUT2D eigenvalue weighted by atomic mass is 15.1. The molecule has 0 fully saturated rings. The summed E-state index contributed by atoms with van der Waals surface area (Å²) in [6.45, 7) is 5.74. The average Bonchev–Trinajstić information content (AvgIpc) is 2.39. The van der Waals surface area contributed by atoms with Crippen LogP contribution in [0.25, 0.3) is 0 Å². The van der Waals surface area contributed by atoms with Crippen molar-refractivity contribution in [3.05, 3.63) is 24.0 Å². The third-order valence-electron chi connectivity index (χ3n) is 2.83. The summed E-state index contributed by atoms with van der Waals surface area (Å²) in [5, 5.41) is 8.60. The number of hydrogen-bond donors (Lipinski definition) is 1. The van der Waals surface area contributed by atoms with Crippen LogP contribution in [-0.2, 0) is 0 Å². The highest BCUT2D eigenvalue weighted by molar-refractivity contribution is 5.44. The van der Waals surface area contributed by atoms with E-state index in [1.165, 1.54) is 0 Å². The molecule has 0 aliphatic heterocycles.